The van der Waals surface area contributed by atoms with Crippen molar-refractivity contribution in [2.75, 3.05) is 37.7 Å². The maximum atomic E-state index is 6.05. The first-order chi connectivity index (χ1) is 9.31. The van der Waals surface area contributed by atoms with E-state index >= 15 is 0 Å². The molecule has 104 valence electrons. The number of hydrogen-bond donors (Lipinski definition) is 1. The average Bonchev–Trinajstić information content (AvgIpc) is 2.82. The quantitative estimate of drug-likeness (QED) is 0.919. The molecule has 1 aromatic rings. The summed E-state index contributed by atoms with van der Waals surface area (Å²) in [5.41, 5.74) is 2.90. The van der Waals surface area contributed by atoms with Crippen LogP contribution in [0.4, 0.5) is 0 Å². The van der Waals surface area contributed by atoms with Crippen molar-refractivity contribution in [2.45, 2.75) is 18.9 Å². The van der Waals surface area contributed by atoms with Crippen molar-refractivity contribution in [3.8, 4) is 0 Å². The number of thioether (sulfide) groups is 1. The van der Waals surface area contributed by atoms with Gasteiger partial charge in [-0.1, -0.05) is 17.7 Å². The van der Waals surface area contributed by atoms with Gasteiger partial charge in [0, 0.05) is 48.7 Å². The lowest BCUT2D eigenvalue weighted by Crippen LogP contribution is -2.40. The molecule has 0 bridgehead atoms. The van der Waals surface area contributed by atoms with Crippen LogP contribution in [-0.2, 0) is 12.8 Å². The third-order valence-corrected chi connectivity index (χ3v) is 5.24. The van der Waals surface area contributed by atoms with Crippen LogP contribution in [0.25, 0.3) is 0 Å². The van der Waals surface area contributed by atoms with Crippen molar-refractivity contribution in [3.63, 3.8) is 0 Å². The third kappa shape index (κ3) is 3.66. The lowest BCUT2D eigenvalue weighted by molar-refractivity contribution is 0.295. The molecule has 0 radical (unpaired) electrons. The molecule has 2 nitrogen and oxygen atoms in total. The first kappa shape index (κ1) is 13.7. The Kier molecular flexibility index (Phi) is 4.69. The topological polar surface area (TPSA) is 15.3 Å². The first-order valence-corrected chi connectivity index (χ1v) is 8.65. The van der Waals surface area contributed by atoms with Gasteiger partial charge in [-0.25, -0.2) is 0 Å². The predicted octanol–water partition coefficient (Wildman–Crippen LogP) is 2.45. The zero-order chi connectivity index (χ0) is 13.1. The maximum Gasteiger partial charge on any atom is 0.0408 e. The molecule has 1 heterocycles. The van der Waals surface area contributed by atoms with E-state index in [4.69, 9.17) is 11.6 Å². The van der Waals surface area contributed by atoms with Crippen LogP contribution in [0.2, 0.25) is 5.02 Å². The molecule has 1 fully saturated rings. The fourth-order valence-electron chi connectivity index (χ4n) is 2.98. The Morgan fingerprint density at radius 2 is 2.00 bits per heavy atom. The fraction of sp³-hybridized carbons (Fsp3) is 0.600. The van der Waals surface area contributed by atoms with Gasteiger partial charge in [0.2, 0.25) is 0 Å². The highest BCUT2D eigenvalue weighted by atomic mass is 35.5. The number of fused-ring (bicyclic) bond motifs is 1. The van der Waals surface area contributed by atoms with Gasteiger partial charge in [-0.15, -0.1) is 0 Å². The zero-order valence-electron chi connectivity index (χ0n) is 11.2. The molecule has 0 aromatic heterocycles. The van der Waals surface area contributed by atoms with Gasteiger partial charge in [-0.2, -0.15) is 11.8 Å². The first-order valence-electron chi connectivity index (χ1n) is 7.12. The molecular weight excluding hydrogens is 276 g/mol. The molecule has 0 saturated carbocycles. The second-order valence-electron chi connectivity index (χ2n) is 5.43. The minimum atomic E-state index is 0.604. The van der Waals surface area contributed by atoms with E-state index in [0.717, 1.165) is 24.4 Å². The Morgan fingerprint density at radius 3 is 2.84 bits per heavy atom. The minimum absolute atomic E-state index is 0.604. The number of rotatable bonds is 4. The van der Waals surface area contributed by atoms with E-state index < -0.39 is 0 Å². The van der Waals surface area contributed by atoms with Gasteiger partial charge in [0.15, 0.2) is 0 Å². The summed E-state index contributed by atoms with van der Waals surface area (Å²) >= 11 is 8.12. The van der Waals surface area contributed by atoms with Crippen molar-refractivity contribution < 1.29 is 0 Å². The number of nitrogens with one attached hydrogen (secondary N) is 1. The maximum absolute atomic E-state index is 6.05. The van der Waals surface area contributed by atoms with Crippen molar-refractivity contribution in [1.29, 1.82) is 0 Å². The molecule has 0 spiro atoms. The second kappa shape index (κ2) is 6.49. The van der Waals surface area contributed by atoms with E-state index in [2.05, 4.69) is 34.1 Å². The van der Waals surface area contributed by atoms with Gasteiger partial charge in [0.1, 0.15) is 0 Å². The summed E-state index contributed by atoms with van der Waals surface area (Å²) in [6, 6.07) is 6.92. The molecule has 1 aliphatic heterocycles. The lowest BCUT2D eigenvalue weighted by Gasteiger charge is -2.26. The summed E-state index contributed by atoms with van der Waals surface area (Å²) in [5.74, 6) is 2.60. The van der Waals surface area contributed by atoms with Crippen LogP contribution in [-0.4, -0.2) is 48.6 Å². The Morgan fingerprint density at radius 1 is 1.21 bits per heavy atom. The van der Waals surface area contributed by atoms with Gasteiger partial charge >= 0.3 is 0 Å². The molecule has 1 saturated heterocycles. The standard InChI is InChI=1S/C15H21ClN2S/c16-14-2-1-12-10-15(11-13(12)9-14)17-3-4-18-5-7-19-8-6-18/h1-2,9,15,17H,3-8,10-11H2. The van der Waals surface area contributed by atoms with E-state index in [1.165, 1.54) is 42.3 Å². The van der Waals surface area contributed by atoms with Crippen molar-refractivity contribution in [2.24, 2.45) is 0 Å². The molecule has 2 aliphatic rings. The Labute approximate surface area is 124 Å². The monoisotopic (exact) mass is 296 g/mol. The van der Waals surface area contributed by atoms with Gasteiger partial charge in [0.25, 0.3) is 0 Å². The van der Waals surface area contributed by atoms with E-state index in [1.807, 2.05) is 6.07 Å². The van der Waals surface area contributed by atoms with Crippen LogP contribution in [0.5, 0.6) is 0 Å². The minimum Gasteiger partial charge on any atom is -0.312 e. The van der Waals surface area contributed by atoms with Gasteiger partial charge in [0.05, 0.1) is 0 Å². The summed E-state index contributed by atoms with van der Waals surface area (Å²) in [6.07, 6.45) is 2.29. The van der Waals surface area contributed by atoms with E-state index in [0.29, 0.717) is 6.04 Å². The molecule has 1 N–H and O–H groups in total. The van der Waals surface area contributed by atoms with Crippen molar-refractivity contribution in [3.05, 3.63) is 34.3 Å². The molecule has 3 rings (SSSR count). The summed E-state index contributed by atoms with van der Waals surface area (Å²) in [7, 11) is 0. The van der Waals surface area contributed by atoms with Gasteiger partial charge < -0.3 is 10.2 Å². The van der Waals surface area contributed by atoms with Crippen LogP contribution in [0, 0.1) is 0 Å². The molecule has 1 aliphatic carbocycles. The number of halogens is 1. The molecule has 1 atom stereocenters. The highest BCUT2D eigenvalue weighted by Gasteiger charge is 2.21. The fourth-order valence-corrected chi connectivity index (χ4v) is 4.16. The van der Waals surface area contributed by atoms with Crippen molar-refractivity contribution in [1.82, 2.24) is 10.2 Å². The van der Waals surface area contributed by atoms with Crippen LogP contribution in [0.1, 0.15) is 11.1 Å². The van der Waals surface area contributed by atoms with Crippen LogP contribution < -0.4 is 5.32 Å². The molecule has 1 unspecified atom stereocenters. The number of hydrogen-bond acceptors (Lipinski definition) is 3. The van der Waals surface area contributed by atoms with Gasteiger partial charge in [-0.3, -0.25) is 0 Å². The lowest BCUT2D eigenvalue weighted by atomic mass is 10.1. The van der Waals surface area contributed by atoms with E-state index in [9.17, 15) is 0 Å². The molecule has 19 heavy (non-hydrogen) atoms. The summed E-state index contributed by atoms with van der Waals surface area (Å²) < 4.78 is 0. The molecule has 1 aromatic carbocycles. The SMILES string of the molecule is Clc1ccc2c(c1)CC(NCCN1CCSCC1)C2. The largest absolute Gasteiger partial charge is 0.312 e. The smallest absolute Gasteiger partial charge is 0.0408 e. The van der Waals surface area contributed by atoms with E-state index in [-0.39, 0.29) is 0 Å². The molecule has 0 amide bonds. The number of benzene rings is 1. The van der Waals surface area contributed by atoms with Crippen molar-refractivity contribution >= 4 is 23.4 Å². The van der Waals surface area contributed by atoms with E-state index in [1.54, 1.807) is 0 Å². The predicted molar refractivity (Wildman–Crippen MR) is 84.4 cm³/mol. The summed E-state index contributed by atoms with van der Waals surface area (Å²) in [5, 5.41) is 4.57. The van der Waals surface area contributed by atoms with Crippen LogP contribution in [0.3, 0.4) is 0 Å². The van der Waals surface area contributed by atoms with Gasteiger partial charge in [-0.05, 0) is 36.1 Å². The summed E-state index contributed by atoms with van der Waals surface area (Å²) in [6.45, 7) is 4.81. The highest BCUT2D eigenvalue weighted by molar-refractivity contribution is 7.99. The second-order valence-corrected chi connectivity index (χ2v) is 7.09. The molecular formula is C15H21ClN2S. The zero-order valence-corrected chi connectivity index (χ0v) is 12.8. The normalized spacial score (nSPS) is 23.5. The molecule has 4 heteroatoms. The highest BCUT2D eigenvalue weighted by Crippen LogP contribution is 2.25. The van der Waals surface area contributed by atoms with Crippen LogP contribution >= 0.6 is 23.4 Å². The van der Waals surface area contributed by atoms with Crippen LogP contribution in [0.15, 0.2) is 18.2 Å². The Hall–Kier alpha value is -0.220. The number of nitrogens with zero attached hydrogens (tertiary/aromatic N) is 1. The average molecular weight is 297 g/mol. The Balaban J connectivity index is 1.43. The Bertz CT molecular complexity index is 432. The summed E-state index contributed by atoms with van der Waals surface area (Å²) in [4.78, 5) is 2.57. The third-order valence-electron chi connectivity index (χ3n) is 4.07.